The number of carbonyl (C=O) groups is 1. The van der Waals surface area contributed by atoms with Crippen LogP contribution in [-0.4, -0.2) is 20.7 Å². The molecule has 5 nitrogen and oxygen atoms in total. The molecule has 1 N–H and O–H groups in total. The molecule has 0 saturated heterocycles. The van der Waals surface area contributed by atoms with E-state index in [9.17, 15) is 9.59 Å². The van der Waals surface area contributed by atoms with Gasteiger partial charge in [0.1, 0.15) is 0 Å². The van der Waals surface area contributed by atoms with E-state index in [1.807, 2.05) is 62.4 Å². The average molecular weight is 367 g/mol. The SMILES string of the molecule is CCCn1c(S[C@H](C)C(=O)Nc2ccccc2)nc2ccccc2c1=O. The summed E-state index contributed by atoms with van der Waals surface area (Å²) in [6.45, 7) is 4.41. The van der Waals surface area contributed by atoms with Crippen LogP contribution in [-0.2, 0) is 11.3 Å². The number of para-hydroxylation sites is 2. The molecule has 6 heteroatoms. The molecule has 0 bridgehead atoms. The zero-order chi connectivity index (χ0) is 18.5. The molecule has 26 heavy (non-hydrogen) atoms. The van der Waals surface area contributed by atoms with Crippen LogP contribution in [0.3, 0.4) is 0 Å². The van der Waals surface area contributed by atoms with Gasteiger partial charge in [-0.05, 0) is 37.6 Å². The van der Waals surface area contributed by atoms with E-state index >= 15 is 0 Å². The summed E-state index contributed by atoms with van der Waals surface area (Å²) in [6, 6.07) is 16.6. The fourth-order valence-corrected chi connectivity index (χ4v) is 3.57. The predicted octanol–water partition coefficient (Wildman–Crippen LogP) is 3.93. The first-order chi connectivity index (χ1) is 12.6. The Labute approximate surface area is 156 Å². The fraction of sp³-hybridized carbons (Fsp3) is 0.250. The molecule has 0 aliphatic rings. The van der Waals surface area contributed by atoms with Crippen LogP contribution in [0.1, 0.15) is 20.3 Å². The standard InChI is InChI=1S/C20H21N3O2S/c1-3-13-23-19(25)16-11-7-8-12-17(16)22-20(23)26-14(2)18(24)21-15-9-5-4-6-10-15/h4-12,14H,3,13H2,1-2H3,(H,21,24)/t14-/m1/s1. The van der Waals surface area contributed by atoms with Gasteiger partial charge in [-0.3, -0.25) is 14.2 Å². The van der Waals surface area contributed by atoms with Crippen molar-refractivity contribution < 1.29 is 4.79 Å². The quantitative estimate of drug-likeness (QED) is 0.530. The van der Waals surface area contributed by atoms with Gasteiger partial charge in [0.05, 0.1) is 16.2 Å². The number of thioether (sulfide) groups is 1. The summed E-state index contributed by atoms with van der Waals surface area (Å²) in [7, 11) is 0. The molecule has 0 aliphatic carbocycles. The van der Waals surface area contributed by atoms with Gasteiger partial charge in [-0.15, -0.1) is 0 Å². The van der Waals surface area contributed by atoms with Gasteiger partial charge in [-0.2, -0.15) is 0 Å². The lowest BCUT2D eigenvalue weighted by atomic mass is 10.2. The van der Waals surface area contributed by atoms with Gasteiger partial charge in [0.15, 0.2) is 5.16 Å². The number of hydrogen-bond acceptors (Lipinski definition) is 4. The van der Waals surface area contributed by atoms with Crippen LogP contribution in [0, 0.1) is 0 Å². The summed E-state index contributed by atoms with van der Waals surface area (Å²) in [5.41, 5.74) is 1.35. The molecule has 1 heterocycles. The van der Waals surface area contributed by atoms with Gasteiger partial charge >= 0.3 is 0 Å². The number of anilines is 1. The van der Waals surface area contributed by atoms with E-state index < -0.39 is 0 Å². The highest BCUT2D eigenvalue weighted by Crippen LogP contribution is 2.23. The van der Waals surface area contributed by atoms with Crippen LogP contribution in [0.25, 0.3) is 10.9 Å². The second-order valence-corrected chi connectivity index (χ2v) is 7.29. The van der Waals surface area contributed by atoms with Gasteiger partial charge in [0.25, 0.3) is 5.56 Å². The molecular formula is C20H21N3O2S. The third kappa shape index (κ3) is 3.96. The number of amides is 1. The molecule has 0 fully saturated rings. The Morgan fingerprint density at radius 1 is 1.15 bits per heavy atom. The number of aromatic nitrogens is 2. The van der Waals surface area contributed by atoms with Crippen LogP contribution in [0.15, 0.2) is 64.5 Å². The third-order valence-electron chi connectivity index (χ3n) is 3.97. The first-order valence-corrected chi connectivity index (χ1v) is 9.50. The Kier molecular flexibility index (Phi) is 5.73. The Hall–Kier alpha value is -2.60. The van der Waals surface area contributed by atoms with Crippen molar-refractivity contribution in [3.63, 3.8) is 0 Å². The molecule has 134 valence electrons. The van der Waals surface area contributed by atoms with E-state index in [4.69, 9.17) is 0 Å². The van der Waals surface area contributed by atoms with E-state index in [1.54, 1.807) is 10.6 Å². The molecule has 3 rings (SSSR count). The molecule has 0 aliphatic heterocycles. The van der Waals surface area contributed by atoms with E-state index in [0.717, 1.165) is 12.1 Å². The fourth-order valence-electron chi connectivity index (χ4n) is 2.64. The van der Waals surface area contributed by atoms with E-state index in [0.29, 0.717) is 22.6 Å². The first kappa shape index (κ1) is 18.2. The van der Waals surface area contributed by atoms with Crippen LogP contribution in [0.4, 0.5) is 5.69 Å². The summed E-state index contributed by atoms with van der Waals surface area (Å²) in [5, 5.41) is 3.69. The Balaban J connectivity index is 1.88. The maximum absolute atomic E-state index is 12.8. The Bertz CT molecular complexity index is 970. The molecule has 1 atom stereocenters. The number of benzene rings is 2. The second kappa shape index (κ2) is 8.19. The number of nitrogens with one attached hydrogen (secondary N) is 1. The van der Waals surface area contributed by atoms with Crippen molar-refractivity contribution in [3.8, 4) is 0 Å². The minimum atomic E-state index is -0.383. The summed E-state index contributed by atoms with van der Waals surface area (Å²) in [4.78, 5) is 29.9. The first-order valence-electron chi connectivity index (χ1n) is 8.62. The summed E-state index contributed by atoms with van der Waals surface area (Å²) in [5.74, 6) is -0.119. The molecule has 0 unspecified atom stereocenters. The smallest absolute Gasteiger partial charge is 0.262 e. The predicted molar refractivity (Wildman–Crippen MR) is 107 cm³/mol. The van der Waals surface area contributed by atoms with Crippen molar-refractivity contribution in [3.05, 3.63) is 65.0 Å². The number of nitrogens with zero attached hydrogens (tertiary/aromatic N) is 2. The molecule has 2 aromatic carbocycles. The van der Waals surface area contributed by atoms with Crippen molar-refractivity contribution in [2.75, 3.05) is 5.32 Å². The van der Waals surface area contributed by atoms with Gasteiger partial charge in [0, 0.05) is 12.2 Å². The number of fused-ring (bicyclic) bond motifs is 1. The minimum Gasteiger partial charge on any atom is -0.325 e. The van der Waals surface area contributed by atoms with E-state index in [-0.39, 0.29) is 16.7 Å². The minimum absolute atomic E-state index is 0.0596. The number of carbonyl (C=O) groups excluding carboxylic acids is 1. The molecule has 1 aromatic heterocycles. The topological polar surface area (TPSA) is 64.0 Å². The number of rotatable bonds is 6. The summed E-state index contributed by atoms with van der Waals surface area (Å²) in [6.07, 6.45) is 0.818. The normalized spacial score (nSPS) is 12.1. The number of hydrogen-bond donors (Lipinski definition) is 1. The molecule has 3 aromatic rings. The van der Waals surface area contributed by atoms with Gasteiger partial charge in [0.2, 0.25) is 5.91 Å². The molecule has 0 spiro atoms. The summed E-state index contributed by atoms with van der Waals surface area (Å²) < 4.78 is 1.67. The molecular weight excluding hydrogens is 346 g/mol. The second-order valence-electron chi connectivity index (χ2n) is 5.98. The molecule has 1 amide bonds. The van der Waals surface area contributed by atoms with Crippen LogP contribution >= 0.6 is 11.8 Å². The van der Waals surface area contributed by atoms with Crippen molar-refractivity contribution in [2.24, 2.45) is 0 Å². The largest absolute Gasteiger partial charge is 0.325 e. The van der Waals surface area contributed by atoms with Crippen LogP contribution in [0.2, 0.25) is 0 Å². The van der Waals surface area contributed by atoms with Crippen LogP contribution < -0.4 is 10.9 Å². The van der Waals surface area contributed by atoms with Crippen molar-refractivity contribution >= 4 is 34.3 Å². The van der Waals surface area contributed by atoms with Gasteiger partial charge < -0.3 is 5.32 Å². The maximum Gasteiger partial charge on any atom is 0.262 e. The lowest BCUT2D eigenvalue weighted by Gasteiger charge is -2.16. The van der Waals surface area contributed by atoms with Crippen molar-refractivity contribution in [2.45, 2.75) is 37.2 Å². The van der Waals surface area contributed by atoms with Crippen molar-refractivity contribution in [1.82, 2.24) is 9.55 Å². The Morgan fingerprint density at radius 2 is 1.85 bits per heavy atom. The zero-order valence-electron chi connectivity index (χ0n) is 14.8. The molecule has 0 saturated carbocycles. The highest BCUT2D eigenvalue weighted by molar-refractivity contribution is 8.00. The third-order valence-corrected chi connectivity index (χ3v) is 5.06. The van der Waals surface area contributed by atoms with E-state index in [1.165, 1.54) is 11.8 Å². The van der Waals surface area contributed by atoms with Gasteiger partial charge in [-0.1, -0.05) is 49.0 Å². The lowest BCUT2D eigenvalue weighted by molar-refractivity contribution is -0.115. The highest BCUT2D eigenvalue weighted by atomic mass is 32.2. The van der Waals surface area contributed by atoms with E-state index in [2.05, 4.69) is 10.3 Å². The van der Waals surface area contributed by atoms with Crippen molar-refractivity contribution in [1.29, 1.82) is 0 Å². The molecule has 0 radical (unpaired) electrons. The van der Waals surface area contributed by atoms with Gasteiger partial charge in [-0.25, -0.2) is 4.98 Å². The Morgan fingerprint density at radius 3 is 2.58 bits per heavy atom. The van der Waals surface area contributed by atoms with Crippen LogP contribution in [0.5, 0.6) is 0 Å². The zero-order valence-corrected chi connectivity index (χ0v) is 15.6. The summed E-state index contributed by atoms with van der Waals surface area (Å²) >= 11 is 1.31. The average Bonchev–Trinajstić information content (AvgIpc) is 2.65. The maximum atomic E-state index is 12.8. The highest BCUT2D eigenvalue weighted by Gasteiger charge is 2.19. The monoisotopic (exact) mass is 367 g/mol. The lowest BCUT2D eigenvalue weighted by Crippen LogP contribution is -2.27.